The first-order valence-electron chi connectivity index (χ1n) is 11.4. The third-order valence-electron chi connectivity index (χ3n) is 5.93. The zero-order valence-corrected chi connectivity index (χ0v) is 22.3. The van der Waals surface area contributed by atoms with Gasteiger partial charge >= 0.3 is 0 Å². The number of amides is 2. The van der Waals surface area contributed by atoms with E-state index in [9.17, 15) is 9.59 Å². The molecular formula is C27H26BrN3O4S. The van der Waals surface area contributed by atoms with Crippen LogP contribution in [0.15, 0.2) is 77.3 Å². The van der Waals surface area contributed by atoms with Gasteiger partial charge in [0.1, 0.15) is 6.04 Å². The van der Waals surface area contributed by atoms with Crippen molar-refractivity contribution in [1.29, 1.82) is 0 Å². The van der Waals surface area contributed by atoms with Crippen LogP contribution in [0.1, 0.15) is 12.0 Å². The van der Waals surface area contributed by atoms with Crippen LogP contribution in [0.5, 0.6) is 11.5 Å². The second-order valence-electron chi connectivity index (χ2n) is 8.20. The molecule has 1 saturated heterocycles. The number of benzene rings is 3. The Morgan fingerprint density at radius 1 is 1.00 bits per heavy atom. The first-order chi connectivity index (χ1) is 17.4. The molecule has 9 heteroatoms. The molecule has 3 aromatic carbocycles. The third kappa shape index (κ3) is 5.68. The summed E-state index contributed by atoms with van der Waals surface area (Å²) in [5, 5.41) is 3.26. The number of nitrogens with one attached hydrogen (secondary N) is 1. The fourth-order valence-corrected chi connectivity index (χ4v) is 4.79. The van der Waals surface area contributed by atoms with Crippen molar-refractivity contribution in [2.45, 2.75) is 18.9 Å². The molecule has 186 valence electrons. The van der Waals surface area contributed by atoms with Gasteiger partial charge in [-0.3, -0.25) is 14.5 Å². The molecule has 0 unspecified atom stereocenters. The van der Waals surface area contributed by atoms with Gasteiger partial charge in [0, 0.05) is 16.7 Å². The van der Waals surface area contributed by atoms with E-state index in [2.05, 4.69) is 21.2 Å². The van der Waals surface area contributed by atoms with Crippen LogP contribution in [0.4, 0.5) is 11.4 Å². The minimum atomic E-state index is -0.715. The molecule has 0 saturated carbocycles. The maximum absolute atomic E-state index is 13.5. The molecule has 7 nitrogen and oxygen atoms in total. The van der Waals surface area contributed by atoms with E-state index in [0.29, 0.717) is 41.0 Å². The minimum Gasteiger partial charge on any atom is -0.493 e. The Hall–Kier alpha value is -3.43. The van der Waals surface area contributed by atoms with Crippen LogP contribution >= 0.6 is 28.1 Å². The zero-order valence-electron chi connectivity index (χ0n) is 19.9. The lowest BCUT2D eigenvalue weighted by molar-refractivity contribution is -0.124. The molecule has 1 fully saturated rings. The largest absolute Gasteiger partial charge is 0.493 e. The van der Waals surface area contributed by atoms with Crippen molar-refractivity contribution in [3.63, 3.8) is 0 Å². The van der Waals surface area contributed by atoms with Gasteiger partial charge in [-0.2, -0.15) is 0 Å². The zero-order chi connectivity index (χ0) is 25.7. The Kier molecular flexibility index (Phi) is 8.22. The summed E-state index contributed by atoms with van der Waals surface area (Å²) >= 11 is 9.14. The molecule has 0 aliphatic carbocycles. The molecule has 36 heavy (non-hydrogen) atoms. The quantitative estimate of drug-likeness (QED) is 0.365. The molecule has 0 aromatic heterocycles. The van der Waals surface area contributed by atoms with Crippen molar-refractivity contribution in [2.75, 3.05) is 31.0 Å². The highest BCUT2D eigenvalue weighted by molar-refractivity contribution is 9.10. The molecule has 3 aromatic rings. The van der Waals surface area contributed by atoms with Crippen molar-refractivity contribution in [2.24, 2.45) is 0 Å². The maximum Gasteiger partial charge on any atom is 0.256 e. The first-order valence-corrected chi connectivity index (χ1v) is 12.6. The van der Waals surface area contributed by atoms with Gasteiger partial charge in [-0.05, 0) is 72.7 Å². The normalized spacial score (nSPS) is 15.2. The van der Waals surface area contributed by atoms with Gasteiger partial charge in [-0.25, -0.2) is 0 Å². The fraction of sp³-hybridized carbons (Fsp3) is 0.222. The number of thiocarbonyl (C=S) groups is 1. The Morgan fingerprint density at radius 2 is 1.69 bits per heavy atom. The lowest BCUT2D eigenvalue weighted by atomic mass is 10.1. The molecule has 1 heterocycles. The number of rotatable bonds is 9. The summed E-state index contributed by atoms with van der Waals surface area (Å²) in [5.74, 6) is 0.797. The summed E-state index contributed by atoms with van der Waals surface area (Å²) in [7, 11) is 3.18. The van der Waals surface area contributed by atoms with Gasteiger partial charge in [0.15, 0.2) is 16.6 Å². The van der Waals surface area contributed by atoms with Crippen molar-refractivity contribution in [3.05, 3.63) is 82.8 Å². The average Bonchev–Trinajstić information content (AvgIpc) is 3.12. The second kappa shape index (κ2) is 11.5. The topological polar surface area (TPSA) is 71.1 Å². The molecule has 1 aliphatic rings. The molecule has 2 amide bonds. The van der Waals surface area contributed by atoms with Crippen LogP contribution in [-0.4, -0.2) is 48.6 Å². The van der Waals surface area contributed by atoms with Crippen LogP contribution in [0.3, 0.4) is 0 Å². The average molecular weight is 568 g/mol. The summed E-state index contributed by atoms with van der Waals surface area (Å²) in [4.78, 5) is 29.8. The summed E-state index contributed by atoms with van der Waals surface area (Å²) in [6, 6.07) is 21.5. The highest BCUT2D eigenvalue weighted by atomic mass is 79.9. The van der Waals surface area contributed by atoms with Crippen molar-refractivity contribution in [1.82, 2.24) is 4.90 Å². The van der Waals surface area contributed by atoms with Gasteiger partial charge in [0.25, 0.3) is 5.91 Å². The van der Waals surface area contributed by atoms with Crippen molar-refractivity contribution in [3.8, 4) is 11.5 Å². The summed E-state index contributed by atoms with van der Waals surface area (Å²) in [6.45, 7) is 0.458. The van der Waals surface area contributed by atoms with Gasteiger partial charge in [-0.1, -0.05) is 40.2 Å². The summed E-state index contributed by atoms with van der Waals surface area (Å²) in [5.41, 5.74) is 2.34. The Labute approximate surface area is 224 Å². The number of hydrogen-bond donors (Lipinski definition) is 1. The number of anilines is 2. The van der Waals surface area contributed by atoms with Gasteiger partial charge in [-0.15, -0.1) is 0 Å². The highest BCUT2D eigenvalue weighted by Gasteiger charge is 2.43. The smallest absolute Gasteiger partial charge is 0.256 e. The number of halogens is 1. The number of carbonyl (C=O) groups excluding carboxylic acids is 2. The molecular weight excluding hydrogens is 542 g/mol. The summed E-state index contributed by atoms with van der Waals surface area (Å²) < 4.78 is 11.7. The van der Waals surface area contributed by atoms with Gasteiger partial charge in [0.05, 0.1) is 26.3 Å². The SMILES string of the molecule is COc1ccc(CCN2C(=S)N(c3ccccc3)C(=O)[C@H]2CC(=O)Nc2ccc(Br)cc2)cc1OC. The Morgan fingerprint density at radius 3 is 2.36 bits per heavy atom. The van der Waals surface area contributed by atoms with Crippen molar-refractivity contribution >= 4 is 56.4 Å². The van der Waals surface area contributed by atoms with E-state index in [1.807, 2.05) is 65.6 Å². The number of ether oxygens (including phenoxy) is 2. The van der Waals surface area contributed by atoms with Crippen LogP contribution in [-0.2, 0) is 16.0 Å². The predicted octanol–water partition coefficient (Wildman–Crippen LogP) is 5.04. The number of para-hydroxylation sites is 1. The fourth-order valence-electron chi connectivity index (χ4n) is 4.11. The van der Waals surface area contributed by atoms with E-state index in [1.165, 1.54) is 4.90 Å². The van der Waals surface area contributed by atoms with E-state index >= 15 is 0 Å². The van der Waals surface area contributed by atoms with Gasteiger partial charge in [0.2, 0.25) is 5.91 Å². The molecule has 0 radical (unpaired) electrons. The monoisotopic (exact) mass is 567 g/mol. The third-order valence-corrected chi connectivity index (χ3v) is 6.87. The lowest BCUT2D eigenvalue weighted by Crippen LogP contribution is -2.39. The van der Waals surface area contributed by atoms with Crippen LogP contribution < -0.4 is 19.7 Å². The Bertz CT molecular complexity index is 1250. The van der Waals surface area contributed by atoms with Crippen molar-refractivity contribution < 1.29 is 19.1 Å². The van der Waals surface area contributed by atoms with Crippen LogP contribution in [0, 0.1) is 0 Å². The molecule has 0 spiro atoms. The van der Waals surface area contributed by atoms with E-state index < -0.39 is 6.04 Å². The number of carbonyl (C=O) groups is 2. The first kappa shape index (κ1) is 25.7. The van der Waals surface area contributed by atoms with E-state index in [1.54, 1.807) is 26.4 Å². The van der Waals surface area contributed by atoms with Crippen LogP contribution in [0.2, 0.25) is 0 Å². The van der Waals surface area contributed by atoms with Gasteiger partial charge < -0.3 is 19.7 Å². The predicted molar refractivity (Wildman–Crippen MR) is 148 cm³/mol. The Balaban J connectivity index is 1.55. The molecule has 4 rings (SSSR count). The summed E-state index contributed by atoms with van der Waals surface area (Å²) in [6.07, 6.45) is 0.575. The number of hydrogen-bond acceptors (Lipinski definition) is 5. The van der Waals surface area contributed by atoms with Crippen LogP contribution in [0.25, 0.3) is 0 Å². The molecule has 0 bridgehead atoms. The standard InChI is InChI=1S/C27H26BrN3O4S/c1-34-23-13-8-18(16-24(23)35-2)14-15-30-22(17-25(32)29-20-11-9-19(28)10-12-20)26(33)31(27(30)36)21-6-4-3-5-7-21/h3-13,16,22H,14-15,17H2,1-2H3,(H,29,32)/t22-/m1/s1. The maximum atomic E-state index is 13.5. The molecule has 1 N–H and O–H groups in total. The molecule has 1 atom stereocenters. The number of methoxy groups -OCH3 is 2. The lowest BCUT2D eigenvalue weighted by Gasteiger charge is -2.24. The van der Waals surface area contributed by atoms with E-state index in [0.717, 1.165) is 10.0 Å². The molecule has 1 aliphatic heterocycles. The number of nitrogens with zero attached hydrogens (tertiary/aromatic N) is 2. The minimum absolute atomic E-state index is 0.0235. The second-order valence-corrected chi connectivity index (χ2v) is 9.48. The highest BCUT2D eigenvalue weighted by Crippen LogP contribution is 2.30. The van der Waals surface area contributed by atoms with E-state index in [-0.39, 0.29) is 18.2 Å². The van der Waals surface area contributed by atoms with E-state index in [4.69, 9.17) is 21.7 Å².